The van der Waals surface area contributed by atoms with Crippen LogP contribution in [0.4, 0.5) is 10.5 Å². The summed E-state index contributed by atoms with van der Waals surface area (Å²) in [7, 11) is 0. The summed E-state index contributed by atoms with van der Waals surface area (Å²) in [6.45, 7) is 6.38. The van der Waals surface area contributed by atoms with Crippen molar-refractivity contribution in [3.8, 4) is 11.5 Å². The first-order valence-electron chi connectivity index (χ1n) is 9.89. The zero-order chi connectivity index (χ0) is 20.4. The SMILES string of the molecule is Cc1cc(C(=O)NC(C)c2ccc3c(c2)OCCCO3)ccc1N1CCNC1=O. The minimum Gasteiger partial charge on any atom is -0.490 e. The molecule has 7 nitrogen and oxygen atoms in total. The van der Waals surface area contributed by atoms with Crippen LogP contribution in [0.2, 0.25) is 0 Å². The van der Waals surface area contributed by atoms with E-state index in [0.717, 1.165) is 29.0 Å². The van der Waals surface area contributed by atoms with Crippen molar-refractivity contribution in [3.63, 3.8) is 0 Å². The molecule has 0 spiro atoms. The smallest absolute Gasteiger partial charge is 0.322 e. The second-order valence-electron chi connectivity index (χ2n) is 7.34. The van der Waals surface area contributed by atoms with Crippen LogP contribution in [0.5, 0.6) is 11.5 Å². The standard InChI is InChI=1S/C22H25N3O4/c1-14-12-17(4-6-18(14)25-9-8-23-22(25)27)21(26)24-15(2)16-5-7-19-20(13-16)29-11-3-10-28-19/h4-7,12-13,15H,3,8-11H2,1-2H3,(H,23,27)(H,24,26). The third-order valence-electron chi connectivity index (χ3n) is 5.23. The minimum atomic E-state index is -0.191. The molecule has 2 N–H and O–H groups in total. The Hall–Kier alpha value is -3.22. The molecule has 152 valence electrons. The first-order valence-corrected chi connectivity index (χ1v) is 9.89. The molecule has 1 fully saturated rings. The first-order chi connectivity index (χ1) is 14.0. The first kappa shape index (κ1) is 19.1. The largest absolute Gasteiger partial charge is 0.490 e. The van der Waals surface area contributed by atoms with Gasteiger partial charge in [-0.3, -0.25) is 9.69 Å². The Morgan fingerprint density at radius 2 is 1.93 bits per heavy atom. The summed E-state index contributed by atoms with van der Waals surface area (Å²) >= 11 is 0. The topological polar surface area (TPSA) is 79.9 Å². The van der Waals surface area contributed by atoms with Gasteiger partial charge in [0.2, 0.25) is 0 Å². The molecule has 1 unspecified atom stereocenters. The van der Waals surface area contributed by atoms with E-state index in [4.69, 9.17) is 9.47 Å². The van der Waals surface area contributed by atoms with Crippen molar-refractivity contribution in [1.82, 2.24) is 10.6 Å². The number of hydrogen-bond acceptors (Lipinski definition) is 4. The molecule has 2 aromatic carbocycles. The molecule has 0 bridgehead atoms. The highest BCUT2D eigenvalue weighted by atomic mass is 16.5. The predicted molar refractivity (Wildman–Crippen MR) is 110 cm³/mol. The Bertz CT molecular complexity index is 944. The number of benzene rings is 2. The molecular formula is C22H25N3O4. The van der Waals surface area contributed by atoms with E-state index in [2.05, 4.69) is 10.6 Å². The van der Waals surface area contributed by atoms with Gasteiger partial charge in [-0.15, -0.1) is 0 Å². The van der Waals surface area contributed by atoms with Gasteiger partial charge in [-0.2, -0.15) is 0 Å². The van der Waals surface area contributed by atoms with Gasteiger partial charge in [0, 0.05) is 30.8 Å². The molecule has 3 amide bonds. The van der Waals surface area contributed by atoms with Gasteiger partial charge < -0.3 is 20.1 Å². The summed E-state index contributed by atoms with van der Waals surface area (Å²) in [6.07, 6.45) is 0.852. The molecule has 0 aromatic heterocycles. The fourth-order valence-electron chi connectivity index (χ4n) is 3.61. The molecule has 2 aliphatic rings. The molecule has 1 saturated heterocycles. The number of fused-ring (bicyclic) bond motifs is 1. The number of rotatable bonds is 4. The molecule has 0 radical (unpaired) electrons. The van der Waals surface area contributed by atoms with E-state index >= 15 is 0 Å². The third-order valence-corrected chi connectivity index (χ3v) is 5.23. The van der Waals surface area contributed by atoms with Crippen LogP contribution in [0.25, 0.3) is 0 Å². The highest BCUT2D eigenvalue weighted by molar-refractivity contribution is 5.98. The lowest BCUT2D eigenvalue weighted by Gasteiger charge is -2.19. The molecule has 2 heterocycles. The van der Waals surface area contributed by atoms with Gasteiger partial charge in [0.05, 0.1) is 19.3 Å². The van der Waals surface area contributed by atoms with Crippen LogP contribution in [0.15, 0.2) is 36.4 Å². The van der Waals surface area contributed by atoms with Crippen LogP contribution in [0, 0.1) is 6.92 Å². The van der Waals surface area contributed by atoms with Gasteiger partial charge in [0.1, 0.15) is 0 Å². The van der Waals surface area contributed by atoms with Crippen molar-refractivity contribution in [2.45, 2.75) is 26.3 Å². The van der Waals surface area contributed by atoms with E-state index in [0.29, 0.717) is 37.6 Å². The van der Waals surface area contributed by atoms with Crippen LogP contribution in [0.1, 0.15) is 40.9 Å². The Labute approximate surface area is 170 Å². The molecular weight excluding hydrogens is 370 g/mol. The van der Waals surface area contributed by atoms with Crippen molar-refractivity contribution in [2.24, 2.45) is 0 Å². The van der Waals surface area contributed by atoms with Crippen molar-refractivity contribution >= 4 is 17.6 Å². The summed E-state index contributed by atoms with van der Waals surface area (Å²) in [6, 6.07) is 10.9. The number of ether oxygens (including phenoxy) is 2. The number of carbonyl (C=O) groups is 2. The van der Waals surface area contributed by atoms with Crippen LogP contribution < -0.4 is 25.0 Å². The molecule has 29 heavy (non-hydrogen) atoms. The van der Waals surface area contributed by atoms with Crippen molar-refractivity contribution in [2.75, 3.05) is 31.2 Å². The number of nitrogens with one attached hydrogen (secondary N) is 2. The van der Waals surface area contributed by atoms with Gasteiger partial charge in [0.15, 0.2) is 11.5 Å². The van der Waals surface area contributed by atoms with Gasteiger partial charge in [-0.1, -0.05) is 6.07 Å². The molecule has 4 rings (SSSR count). The Balaban J connectivity index is 1.47. The van der Waals surface area contributed by atoms with Crippen LogP contribution in [0.3, 0.4) is 0 Å². The minimum absolute atomic E-state index is 0.103. The fraction of sp³-hybridized carbons (Fsp3) is 0.364. The zero-order valence-electron chi connectivity index (χ0n) is 16.7. The monoisotopic (exact) mass is 395 g/mol. The Kier molecular flexibility index (Phi) is 5.29. The number of anilines is 1. The fourth-order valence-corrected chi connectivity index (χ4v) is 3.61. The molecule has 1 atom stereocenters. The van der Waals surface area contributed by atoms with E-state index in [1.807, 2.05) is 44.2 Å². The summed E-state index contributed by atoms with van der Waals surface area (Å²) in [5.74, 6) is 1.29. The number of hydrogen-bond donors (Lipinski definition) is 2. The summed E-state index contributed by atoms with van der Waals surface area (Å²) < 4.78 is 11.4. The number of carbonyl (C=O) groups excluding carboxylic acids is 2. The Morgan fingerprint density at radius 1 is 1.14 bits per heavy atom. The second kappa shape index (κ2) is 8.03. The Morgan fingerprint density at radius 3 is 2.66 bits per heavy atom. The predicted octanol–water partition coefficient (Wildman–Crippen LogP) is 3.18. The molecule has 0 aliphatic carbocycles. The maximum Gasteiger partial charge on any atom is 0.322 e. The quantitative estimate of drug-likeness (QED) is 0.833. The van der Waals surface area contributed by atoms with Crippen molar-refractivity contribution in [3.05, 3.63) is 53.1 Å². The average molecular weight is 395 g/mol. The lowest BCUT2D eigenvalue weighted by molar-refractivity contribution is 0.0939. The molecule has 7 heteroatoms. The zero-order valence-corrected chi connectivity index (χ0v) is 16.7. The normalized spacial score (nSPS) is 16.8. The van der Waals surface area contributed by atoms with E-state index in [1.165, 1.54) is 0 Å². The maximum atomic E-state index is 12.8. The highest BCUT2D eigenvalue weighted by Crippen LogP contribution is 2.32. The third kappa shape index (κ3) is 3.99. The van der Waals surface area contributed by atoms with E-state index < -0.39 is 0 Å². The van der Waals surface area contributed by atoms with E-state index in [1.54, 1.807) is 11.0 Å². The number of urea groups is 1. The molecule has 0 saturated carbocycles. The second-order valence-corrected chi connectivity index (χ2v) is 7.34. The van der Waals surface area contributed by atoms with Gasteiger partial charge >= 0.3 is 6.03 Å². The summed E-state index contributed by atoms with van der Waals surface area (Å²) in [5, 5.41) is 5.82. The van der Waals surface area contributed by atoms with Crippen LogP contribution in [-0.2, 0) is 0 Å². The highest BCUT2D eigenvalue weighted by Gasteiger charge is 2.23. The lowest BCUT2D eigenvalue weighted by atomic mass is 10.1. The van der Waals surface area contributed by atoms with Crippen LogP contribution in [-0.4, -0.2) is 38.2 Å². The molecule has 2 aromatic rings. The van der Waals surface area contributed by atoms with Crippen LogP contribution >= 0.6 is 0 Å². The lowest BCUT2D eigenvalue weighted by Crippen LogP contribution is -2.29. The summed E-state index contributed by atoms with van der Waals surface area (Å²) in [5.41, 5.74) is 3.22. The number of aryl methyl sites for hydroxylation is 1. The van der Waals surface area contributed by atoms with Crippen molar-refractivity contribution < 1.29 is 19.1 Å². The van der Waals surface area contributed by atoms with Gasteiger partial charge in [-0.25, -0.2) is 4.79 Å². The average Bonchev–Trinajstić information content (AvgIpc) is 2.99. The van der Waals surface area contributed by atoms with E-state index in [9.17, 15) is 9.59 Å². The number of amides is 3. The van der Waals surface area contributed by atoms with Gasteiger partial charge in [-0.05, 0) is 55.3 Å². The van der Waals surface area contributed by atoms with Gasteiger partial charge in [0.25, 0.3) is 5.91 Å². The maximum absolute atomic E-state index is 12.8. The summed E-state index contributed by atoms with van der Waals surface area (Å²) in [4.78, 5) is 26.3. The molecule has 2 aliphatic heterocycles. The number of nitrogens with zero attached hydrogens (tertiary/aromatic N) is 1. The van der Waals surface area contributed by atoms with E-state index in [-0.39, 0.29) is 18.0 Å². The van der Waals surface area contributed by atoms with Crippen molar-refractivity contribution in [1.29, 1.82) is 0 Å².